The first-order chi connectivity index (χ1) is 8.72. The SMILES string of the molecule is Cc1csc(CCN2C3CCCC2CC(=O)C3)n1. The Morgan fingerprint density at radius 2 is 2.11 bits per heavy atom. The lowest BCUT2D eigenvalue weighted by Gasteiger charge is -2.45. The minimum absolute atomic E-state index is 0.478. The molecule has 4 heteroatoms. The molecule has 0 saturated carbocycles. The predicted molar refractivity (Wildman–Crippen MR) is 72.9 cm³/mol. The molecule has 2 aliphatic rings. The highest BCUT2D eigenvalue weighted by Crippen LogP contribution is 2.32. The Morgan fingerprint density at radius 3 is 2.72 bits per heavy atom. The lowest BCUT2D eigenvalue weighted by Crippen LogP contribution is -2.52. The van der Waals surface area contributed by atoms with Crippen molar-refractivity contribution in [1.82, 2.24) is 9.88 Å². The van der Waals surface area contributed by atoms with Gasteiger partial charge in [-0.05, 0) is 19.8 Å². The number of piperidine rings is 2. The number of Topliss-reactive ketones (excluding diaryl/α,β-unsaturated/α-hetero) is 1. The molecule has 2 bridgehead atoms. The molecule has 0 N–H and O–H groups in total. The molecule has 0 spiro atoms. The molecule has 98 valence electrons. The van der Waals surface area contributed by atoms with Crippen LogP contribution in [0.2, 0.25) is 0 Å². The van der Waals surface area contributed by atoms with E-state index >= 15 is 0 Å². The van der Waals surface area contributed by atoms with Crippen molar-refractivity contribution in [3.63, 3.8) is 0 Å². The highest BCUT2D eigenvalue weighted by Gasteiger charge is 2.36. The zero-order valence-corrected chi connectivity index (χ0v) is 11.7. The normalized spacial score (nSPS) is 28.6. The number of nitrogens with zero attached hydrogens (tertiary/aromatic N) is 2. The zero-order chi connectivity index (χ0) is 12.5. The molecule has 0 aliphatic carbocycles. The van der Waals surface area contributed by atoms with Gasteiger partial charge in [-0.1, -0.05) is 6.42 Å². The molecular formula is C14H20N2OS. The van der Waals surface area contributed by atoms with Gasteiger partial charge in [-0.3, -0.25) is 9.69 Å². The minimum atomic E-state index is 0.478. The number of aromatic nitrogens is 1. The fourth-order valence-electron chi connectivity index (χ4n) is 3.37. The third kappa shape index (κ3) is 2.50. The van der Waals surface area contributed by atoms with Gasteiger partial charge in [0, 0.05) is 49.0 Å². The predicted octanol–water partition coefficient (Wildman–Crippen LogP) is 2.58. The Labute approximate surface area is 112 Å². The van der Waals surface area contributed by atoms with Gasteiger partial charge >= 0.3 is 0 Å². The number of carbonyl (C=O) groups is 1. The number of aryl methyl sites for hydroxylation is 1. The molecule has 2 aliphatic heterocycles. The summed E-state index contributed by atoms with van der Waals surface area (Å²) in [5, 5.41) is 3.36. The topological polar surface area (TPSA) is 33.2 Å². The van der Waals surface area contributed by atoms with Crippen LogP contribution in [0.25, 0.3) is 0 Å². The Hall–Kier alpha value is -0.740. The second-order valence-corrected chi connectivity index (χ2v) is 6.50. The lowest BCUT2D eigenvalue weighted by atomic mass is 9.84. The fraction of sp³-hybridized carbons (Fsp3) is 0.714. The highest BCUT2D eigenvalue weighted by molar-refractivity contribution is 7.09. The van der Waals surface area contributed by atoms with E-state index in [4.69, 9.17) is 0 Å². The molecule has 3 heterocycles. The maximum atomic E-state index is 11.7. The third-order valence-electron chi connectivity index (χ3n) is 4.19. The van der Waals surface area contributed by atoms with E-state index in [1.807, 2.05) is 6.92 Å². The number of hydrogen-bond acceptors (Lipinski definition) is 4. The summed E-state index contributed by atoms with van der Waals surface area (Å²) in [6.45, 7) is 3.13. The fourth-order valence-corrected chi connectivity index (χ4v) is 4.14. The number of carbonyl (C=O) groups excluding carboxylic acids is 1. The largest absolute Gasteiger partial charge is 0.300 e. The number of hydrogen-bond donors (Lipinski definition) is 0. The van der Waals surface area contributed by atoms with Crippen molar-refractivity contribution in [2.45, 2.75) is 57.5 Å². The Bertz CT molecular complexity index is 427. The van der Waals surface area contributed by atoms with Crippen molar-refractivity contribution in [2.75, 3.05) is 6.54 Å². The van der Waals surface area contributed by atoms with Crippen molar-refractivity contribution in [1.29, 1.82) is 0 Å². The summed E-state index contributed by atoms with van der Waals surface area (Å²) in [5.41, 5.74) is 1.13. The molecule has 3 nitrogen and oxygen atoms in total. The molecule has 0 aromatic carbocycles. The van der Waals surface area contributed by atoms with Crippen molar-refractivity contribution in [2.24, 2.45) is 0 Å². The number of ketones is 1. The first-order valence-electron chi connectivity index (χ1n) is 6.91. The van der Waals surface area contributed by atoms with E-state index in [9.17, 15) is 4.79 Å². The second-order valence-electron chi connectivity index (χ2n) is 5.56. The van der Waals surface area contributed by atoms with Crippen molar-refractivity contribution < 1.29 is 4.79 Å². The standard InChI is InChI=1S/C14H20N2OS/c1-10-9-18-14(15-10)5-6-16-11-3-2-4-12(16)8-13(17)7-11/h9,11-12H,2-8H2,1H3. The molecule has 1 aromatic rings. The summed E-state index contributed by atoms with van der Waals surface area (Å²) in [4.78, 5) is 18.8. The lowest BCUT2D eigenvalue weighted by molar-refractivity contribution is -0.127. The van der Waals surface area contributed by atoms with Gasteiger partial charge in [0.2, 0.25) is 0 Å². The number of thiazole rings is 1. The molecule has 0 amide bonds. The number of fused-ring (bicyclic) bond motifs is 2. The van der Waals surface area contributed by atoms with Crippen LogP contribution in [-0.4, -0.2) is 34.3 Å². The Kier molecular flexibility index (Phi) is 3.48. The molecule has 2 saturated heterocycles. The van der Waals surface area contributed by atoms with E-state index in [0.29, 0.717) is 17.9 Å². The minimum Gasteiger partial charge on any atom is -0.300 e. The monoisotopic (exact) mass is 264 g/mol. The molecule has 2 unspecified atom stereocenters. The van der Waals surface area contributed by atoms with Crippen molar-refractivity contribution in [3.05, 3.63) is 16.1 Å². The van der Waals surface area contributed by atoms with Crippen LogP contribution in [0.3, 0.4) is 0 Å². The van der Waals surface area contributed by atoms with Crippen LogP contribution in [0.4, 0.5) is 0 Å². The highest BCUT2D eigenvalue weighted by atomic mass is 32.1. The smallest absolute Gasteiger partial charge is 0.136 e. The summed E-state index contributed by atoms with van der Waals surface area (Å²) in [6, 6.07) is 1.04. The van der Waals surface area contributed by atoms with Crippen molar-refractivity contribution >= 4 is 17.1 Å². The number of rotatable bonds is 3. The van der Waals surface area contributed by atoms with Crippen LogP contribution in [0.1, 0.15) is 42.8 Å². The van der Waals surface area contributed by atoms with Gasteiger partial charge in [0.05, 0.1) is 5.01 Å². The Balaban J connectivity index is 1.63. The summed E-state index contributed by atoms with van der Waals surface area (Å²) in [5.74, 6) is 0.478. The molecular weight excluding hydrogens is 244 g/mol. The van der Waals surface area contributed by atoms with Crippen LogP contribution < -0.4 is 0 Å². The van der Waals surface area contributed by atoms with Gasteiger partial charge < -0.3 is 0 Å². The van der Waals surface area contributed by atoms with E-state index < -0.39 is 0 Å². The van der Waals surface area contributed by atoms with Gasteiger partial charge in [0.1, 0.15) is 5.78 Å². The quantitative estimate of drug-likeness (QED) is 0.841. The van der Waals surface area contributed by atoms with Crippen molar-refractivity contribution in [3.8, 4) is 0 Å². The van der Waals surface area contributed by atoms with E-state index in [0.717, 1.165) is 31.5 Å². The van der Waals surface area contributed by atoms with Gasteiger partial charge in [-0.25, -0.2) is 4.98 Å². The van der Waals surface area contributed by atoms with Gasteiger partial charge in [-0.15, -0.1) is 11.3 Å². The van der Waals surface area contributed by atoms with Crippen LogP contribution >= 0.6 is 11.3 Å². The maximum absolute atomic E-state index is 11.7. The molecule has 2 atom stereocenters. The van der Waals surface area contributed by atoms with Gasteiger partial charge in [-0.2, -0.15) is 0 Å². The van der Waals surface area contributed by atoms with E-state index in [1.54, 1.807) is 11.3 Å². The summed E-state index contributed by atoms with van der Waals surface area (Å²) < 4.78 is 0. The third-order valence-corrected chi connectivity index (χ3v) is 5.22. The maximum Gasteiger partial charge on any atom is 0.136 e. The van der Waals surface area contributed by atoms with E-state index in [1.165, 1.54) is 24.3 Å². The van der Waals surface area contributed by atoms with Crippen LogP contribution in [0.15, 0.2) is 5.38 Å². The Morgan fingerprint density at radius 1 is 1.39 bits per heavy atom. The molecule has 3 rings (SSSR count). The second kappa shape index (κ2) is 5.10. The van der Waals surface area contributed by atoms with Crippen LogP contribution in [0.5, 0.6) is 0 Å². The van der Waals surface area contributed by atoms with Gasteiger partial charge in [0.15, 0.2) is 0 Å². The first kappa shape index (κ1) is 12.3. The van der Waals surface area contributed by atoms with Crippen LogP contribution in [-0.2, 0) is 11.2 Å². The van der Waals surface area contributed by atoms with Crippen LogP contribution in [0, 0.1) is 6.92 Å². The average Bonchev–Trinajstić information content (AvgIpc) is 2.72. The van der Waals surface area contributed by atoms with E-state index in [-0.39, 0.29) is 0 Å². The molecule has 2 fully saturated rings. The average molecular weight is 264 g/mol. The summed E-state index contributed by atoms with van der Waals surface area (Å²) in [7, 11) is 0. The van der Waals surface area contributed by atoms with Gasteiger partial charge in [0.25, 0.3) is 0 Å². The summed E-state index contributed by atoms with van der Waals surface area (Å²) in [6.07, 6.45) is 6.33. The molecule has 1 aromatic heterocycles. The molecule has 18 heavy (non-hydrogen) atoms. The van der Waals surface area contributed by atoms with E-state index in [2.05, 4.69) is 15.3 Å². The first-order valence-corrected chi connectivity index (χ1v) is 7.79. The summed E-state index contributed by atoms with van der Waals surface area (Å²) >= 11 is 1.76. The zero-order valence-electron chi connectivity index (χ0n) is 10.9. The molecule has 0 radical (unpaired) electrons.